The second-order valence-corrected chi connectivity index (χ2v) is 6.51. The van der Waals surface area contributed by atoms with Crippen LogP contribution in [0.3, 0.4) is 0 Å². The molecule has 0 amide bonds. The predicted octanol–water partition coefficient (Wildman–Crippen LogP) is 6.23. The van der Waals surface area contributed by atoms with Gasteiger partial charge in [-0.15, -0.1) is 0 Å². The van der Waals surface area contributed by atoms with Crippen LogP contribution in [-0.4, -0.2) is 0 Å². The smallest absolute Gasteiger partial charge is 0.136 e. The van der Waals surface area contributed by atoms with E-state index in [-0.39, 0.29) is 5.82 Å². The van der Waals surface area contributed by atoms with Crippen molar-refractivity contribution >= 4 is 32.6 Å². The number of benzene rings is 3. The SMILES string of the molecule is Fc1ccc(N=c2cc(-c3ccccc3)oc3ccc(Br)cc23)cc1. The van der Waals surface area contributed by atoms with Crippen molar-refractivity contribution in [1.82, 2.24) is 0 Å². The highest BCUT2D eigenvalue weighted by molar-refractivity contribution is 9.10. The van der Waals surface area contributed by atoms with Crippen molar-refractivity contribution in [1.29, 1.82) is 0 Å². The summed E-state index contributed by atoms with van der Waals surface area (Å²) < 4.78 is 20.2. The highest BCUT2D eigenvalue weighted by Gasteiger charge is 2.06. The lowest BCUT2D eigenvalue weighted by atomic mass is 10.1. The third-order valence-corrected chi connectivity index (χ3v) is 4.33. The van der Waals surface area contributed by atoms with Gasteiger partial charge in [-0.3, -0.25) is 0 Å². The fourth-order valence-electron chi connectivity index (χ4n) is 2.63. The minimum absolute atomic E-state index is 0.278. The van der Waals surface area contributed by atoms with Gasteiger partial charge in [0.1, 0.15) is 17.2 Å². The lowest BCUT2D eigenvalue weighted by Gasteiger charge is -2.05. The Bertz CT molecular complexity index is 1100. The first-order chi connectivity index (χ1) is 12.2. The van der Waals surface area contributed by atoms with Crippen LogP contribution in [0.1, 0.15) is 0 Å². The van der Waals surface area contributed by atoms with Crippen LogP contribution < -0.4 is 5.36 Å². The van der Waals surface area contributed by atoms with Gasteiger partial charge in [0.05, 0.1) is 11.0 Å². The van der Waals surface area contributed by atoms with Crippen LogP contribution in [-0.2, 0) is 0 Å². The van der Waals surface area contributed by atoms with Gasteiger partial charge in [-0.25, -0.2) is 9.38 Å². The van der Waals surface area contributed by atoms with E-state index in [1.54, 1.807) is 12.1 Å². The summed E-state index contributed by atoms with van der Waals surface area (Å²) in [5.74, 6) is 0.455. The van der Waals surface area contributed by atoms with Crippen molar-refractivity contribution in [3.63, 3.8) is 0 Å². The van der Waals surface area contributed by atoms with Crippen LogP contribution in [0.2, 0.25) is 0 Å². The predicted molar refractivity (Wildman–Crippen MR) is 101 cm³/mol. The molecule has 0 radical (unpaired) electrons. The molecular weight excluding hydrogens is 381 g/mol. The molecule has 0 bridgehead atoms. The number of fused-ring (bicyclic) bond motifs is 1. The van der Waals surface area contributed by atoms with Gasteiger partial charge in [0.15, 0.2) is 0 Å². The molecule has 3 aromatic carbocycles. The molecule has 0 spiro atoms. The standard InChI is InChI=1S/C21H13BrFNO/c22-15-6-11-20-18(12-15)19(24-17-9-7-16(23)8-10-17)13-21(25-20)14-4-2-1-3-5-14/h1-13H. The van der Waals surface area contributed by atoms with Crippen LogP contribution >= 0.6 is 15.9 Å². The van der Waals surface area contributed by atoms with E-state index in [2.05, 4.69) is 15.9 Å². The van der Waals surface area contributed by atoms with E-state index in [1.807, 2.05) is 54.6 Å². The van der Waals surface area contributed by atoms with Gasteiger partial charge in [-0.1, -0.05) is 46.3 Å². The Hall–Kier alpha value is -2.72. The third kappa shape index (κ3) is 3.39. The van der Waals surface area contributed by atoms with E-state index in [9.17, 15) is 4.39 Å². The molecule has 0 N–H and O–H groups in total. The molecule has 4 heteroatoms. The summed E-state index contributed by atoms with van der Waals surface area (Å²) in [6.45, 7) is 0. The molecule has 0 aliphatic heterocycles. The van der Waals surface area contributed by atoms with Crippen LogP contribution in [0.4, 0.5) is 10.1 Å². The molecule has 0 aliphatic carbocycles. The second kappa shape index (κ2) is 6.65. The van der Waals surface area contributed by atoms with Crippen molar-refractivity contribution in [3.05, 3.63) is 94.5 Å². The van der Waals surface area contributed by atoms with E-state index < -0.39 is 0 Å². The van der Waals surface area contributed by atoms with Gasteiger partial charge >= 0.3 is 0 Å². The molecule has 0 unspecified atom stereocenters. The maximum absolute atomic E-state index is 13.2. The summed E-state index contributed by atoms with van der Waals surface area (Å²) in [5, 5.41) is 1.66. The Morgan fingerprint density at radius 1 is 0.840 bits per heavy atom. The number of hydrogen-bond acceptors (Lipinski definition) is 2. The largest absolute Gasteiger partial charge is 0.456 e. The first-order valence-electron chi connectivity index (χ1n) is 7.78. The maximum atomic E-state index is 13.2. The molecule has 0 atom stereocenters. The maximum Gasteiger partial charge on any atom is 0.136 e. The monoisotopic (exact) mass is 393 g/mol. The topological polar surface area (TPSA) is 25.5 Å². The summed E-state index contributed by atoms with van der Waals surface area (Å²) >= 11 is 3.49. The van der Waals surface area contributed by atoms with E-state index in [0.29, 0.717) is 5.69 Å². The number of rotatable bonds is 2. The highest BCUT2D eigenvalue weighted by atomic mass is 79.9. The van der Waals surface area contributed by atoms with E-state index in [1.165, 1.54) is 12.1 Å². The molecule has 2 nitrogen and oxygen atoms in total. The first-order valence-corrected chi connectivity index (χ1v) is 8.57. The molecule has 25 heavy (non-hydrogen) atoms. The van der Waals surface area contributed by atoms with Crippen molar-refractivity contribution < 1.29 is 8.81 Å². The van der Waals surface area contributed by atoms with E-state index in [0.717, 1.165) is 32.1 Å². The van der Waals surface area contributed by atoms with Gasteiger partial charge in [-0.05, 0) is 42.5 Å². The molecule has 0 saturated heterocycles. The Morgan fingerprint density at radius 3 is 2.36 bits per heavy atom. The Morgan fingerprint density at radius 2 is 1.60 bits per heavy atom. The van der Waals surface area contributed by atoms with Gasteiger partial charge < -0.3 is 4.42 Å². The summed E-state index contributed by atoms with van der Waals surface area (Å²) in [6, 6.07) is 23.7. The minimum atomic E-state index is -0.278. The van der Waals surface area contributed by atoms with Crippen molar-refractivity contribution in [2.45, 2.75) is 0 Å². The Kier molecular flexibility index (Phi) is 4.20. The molecular formula is C21H13BrFNO. The average Bonchev–Trinajstić information content (AvgIpc) is 2.64. The number of nitrogens with zero attached hydrogens (tertiary/aromatic N) is 1. The molecule has 0 aliphatic rings. The van der Waals surface area contributed by atoms with Gasteiger partial charge in [0.25, 0.3) is 0 Å². The molecule has 1 aromatic heterocycles. The van der Waals surface area contributed by atoms with Crippen LogP contribution in [0.25, 0.3) is 22.3 Å². The highest BCUT2D eigenvalue weighted by Crippen LogP contribution is 2.24. The quantitative estimate of drug-likeness (QED) is 0.396. The van der Waals surface area contributed by atoms with Crippen LogP contribution in [0.5, 0.6) is 0 Å². The summed E-state index contributed by atoms with van der Waals surface area (Å²) in [7, 11) is 0. The van der Waals surface area contributed by atoms with Gasteiger partial charge in [-0.2, -0.15) is 0 Å². The van der Waals surface area contributed by atoms with E-state index in [4.69, 9.17) is 9.41 Å². The zero-order chi connectivity index (χ0) is 17.2. The van der Waals surface area contributed by atoms with Gasteiger partial charge in [0.2, 0.25) is 0 Å². The summed E-state index contributed by atoms with van der Waals surface area (Å²) in [6.07, 6.45) is 0. The zero-order valence-electron chi connectivity index (χ0n) is 13.1. The van der Waals surface area contributed by atoms with Crippen molar-refractivity contribution in [2.75, 3.05) is 0 Å². The normalized spacial score (nSPS) is 11.8. The van der Waals surface area contributed by atoms with Crippen LogP contribution in [0, 0.1) is 5.82 Å². The van der Waals surface area contributed by atoms with E-state index >= 15 is 0 Å². The molecule has 4 aromatic rings. The lowest BCUT2D eigenvalue weighted by Crippen LogP contribution is -2.03. The number of hydrogen-bond donors (Lipinski definition) is 0. The lowest BCUT2D eigenvalue weighted by molar-refractivity contribution is 0.618. The molecule has 4 rings (SSSR count). The minimum Gasteiger partial charge on any atom is -0.456 e. The fraction of sp³-hybridized carbons (Fsp3) is 0. The molecule has 122 valence electrons. The Labute approximate surface area is 152 Å². The molecule has 1 heterocycles. The second-order valence-electron chi connectivity index (χ2n) is 5.59. The number of halogens is 2. The first kappa shape index (κ1) is 15.8. The summed E-state index contributed by atoms with van der Waals surface area (Å²) in [5.41, 5.74) is 2.40. The van der Waals surface area contributed by atoms with Crippen molar-refractivity contribution in [2.24, 2.45) is 4.99 Å². The average molecular weight is 394 g/mol. The Balaban J connectivity index is 2.00. The van der Waals surface area contributed by atoms with Crippen molar-refractivity contribution in [3.8, 4) is 11.3 Å². The van der Waals surface area contributed by atoms with Gasteiger partial charge in [0, 0.05) is 21.5 Å². The zero-order valence-corrected chi connectivity index (χ0v) is 14.7. The third-order valence-electron chi connectivity index (χ3n) is 3.84. The summed E-state index contributed by atoms with van der Waals surface area (Å²) in [4.78, 5) is 4.69. The van der Waals surface area contributed by atoms with Crippen LogP contribution in [0.15, 0.2) is 92.7 Å². The molecule has 0 saturated carbocycles. The fourth-order valence-corrected chi connectivity index (χ4v) is 2.99. The molecule has 0 fully saturated rings.